The molecule has 0 spiro atoms. The second-order valence-corrected chi connectivity index (χ2v) is 5.98. The maximum atomic E-state index is 13.8. The van der Waals surface area contributed by atoms with E-state index in [1.165, 1.54) is 6.07 Å². The molecule has 0 aromatic heterocycles. The van der Waals surface area contributed by atoms with Crippen LogP contribution in [-0.2, 0) is 4.79 Å². The number of aryl methyl sites for hydroxylation is 1. The van der Waals surface area contributed by atoms with Crippen molar-refractivity contribution in [2.45, 2.75) is 25.7 Å². The standard InChI is InChI=1S/C20H19FO2/c1-13-3-4-15(12-20(13)21)17-9-16(10-18(22)11-17)14-5-7-19(23-2)8-6-14/h3-8,11-12,16H,9-10H2,1-2H3/t16-/m1/s1. The van der Waals surface area contributed by atoms with Crippen molar-refractivity contribution in [3.05, 3.63) is 71.0 Å². The second-order valence-electron chi connectivity index (χ2n) is 5.98. The Morgan fingerprint density at radius 3 is 2.48 bits per heavy atom. The first-order chi connectivity index (χ1) is 11.1. The number of carbonyl (C=O) groups excluding carboxylic acids is 1. The molecule has 0 radical (unpaired) electrons. The minimum Gasteiger partial charge on any atom is -0.497 e. The van der Waals surface area contributed by atoms with Crippen LogP contribution in [0.2, 0.25) is 0 Å². The summed E-state index contributed by atoms with van der Waals surface area (Å²) >= 11 is 0. The molecule has 118 valence electrons. The fourth-order valence-electron chi connectivity index (χ4n) is 3.00. The average Bonchev–Trinajstić information content (AvgIpc) is 2.57. The Labute approximate surface area is 135 Å². The molecule has 23 heavy (non-hydrogen) atoms. The summed E-state index contributed by atoms with van der Waals surface area (Å²) < 4.78 is 19.0. The minimum atomic E-state index is -0.234. The van der Waals surface area contributed by atoms with Gasteiger partial charge in [-0.1, -0.05) is 24.3 Å². The third kappa shape index (κ3) is 3.34. The zero-order valence-corrected chi connectivity index (χ0v) is 13.3. The van der Waals surface area contributed by atoms with Gasteiger partial charge in [0, 0.05) is 6.42 Å². The van der Waals surface area contributed by atoms with E-state index >= 15 is 0 Å². The lowest BCUT2D eigenvalue weighted by atomic mass is 9.81. The lowest BCUT2D eigenvalue weighted by molar-refractivity contribution is -0.115. The summed E-state index contributed by atoms with van der Waals surface area (Å²) in [5, 5.41) is 0. The van der Waals surface area contributed by atoms with Gasteiger partial charge >= 0.3 is 0 Å². The first-order valence-electron chi connectivity index (χ1n) is 7.70. The summed E-state index contributed by atoms with van der Waals surface area (Å²) in [6.07, 6.45) is 2.88. The average molecular weight is 310 g/mol. The molecule has 2 nitrogen and oxygen atoms in total. The quantitative estimate of drug-likeness (QED) is 0.823. The van der Waals surface area contributed by atoms with Crippen LogP contribution in [0.4, 0.5) is 4.39 Å². The molecular weight excluding hydrogens is 291 g/mol. The Hall–Kier alpha value is -2.42. The molecule has 0 N–H and O–H groups in total. The predicted octanol–water partition coefficient (Wildman–Crippen LogP) is 4.67. The first-order valence-corrected chi connectivity index (χ1v) is 7.70. The third-order valence-electron chi connectivity index (χ3n) is 4.38. The Morgan fingerprint density at radius 2 is 1.83 bits per heavy atom. The van der Waals surface area contributed by atoms with Crippen molar-refractivity contribution in [3.8, 4) is 5.75 Å². The van der Waals surface area contributed by atoms with E-state index in [0.717, 1.165) is 28.9 Å². The number of ether oxygens (including phenoxy) is 1. The van der Waals surface area contributed by atoms with Crippen LogP contribution < -0.4 is 4.74 Å². The topological polar surface area (TPSA) is 26.3 Å². The van der Waals surface area contributed by atoms with Crippen LogP contribution >= 0.6 is 0 Å². The van der Waals surface area contributed by atoms with Crippen molar-refractivity contribution in [2.75, 3.05) is 7.11 Å². The van der Waals surface area contributed by atoms with Crippen molar-refractivity contribution < 1.29 is 13.9 Å². The van der Waals surface area contributed by atoms with E-state index in [9.17, 15) is 9.18 Å². The van der Waals surface area contributed by atoms with E-state index in [-0.39, 0.29) is 17.5 Å². The van der Waals surface area contributed by atoms with E-state index < -0.39 is 0 Å². The zero-order valence-electron chi connectivity index (χ0n) is 13.3. The predicted molar refractivity (Wildman–Crippen MR) is 89.1 cm³/mol. The van der Waals surface area contributed by atoms with Crippen LogP contribution in [0.15, 0.2) is 48.5 Å². The Kier molecular flexibility index (Phi) is 4.28. The molecule has 0 amide bonds. The van der Waals surface area contributed by atoms with Crippen LogP contribution in [0, 0.1) is 12.7 Å². The van der Waals surface area contributed by atoms with Gasteiger partial charge in [-0.05, 0) is 65.8 Å². The molecule has 2 aromatic rings. The SMILES string of the molecule is COc1ccc([C@H]2CC(=O)C=C(c3ccc(C)c(F)c3)C2)cc1. The molecule has 2 aromatic carbocycles. The summed E-state index contributed by atoms with van der Waals surface area (Å²) in [4.78, 5) is 12.1. The van der Waals surface area contributed by atoms with Gasteiger partial charge in [0.05, 0.1) is 7.11 Å². The number of halogens is 1. The molecule has 1 aliphatic carbocycles. The smallest absolute Gasteiger partial charge is 0.156 e. The molecule has 0 saturated heterocycles. The molecule has 0 bridgehead atoms. The molecule has 1 aliphatic rings. The fourth-order valence-corrected chi connectivity index (χ4v) is 3.00. The maximum Gasteiger partial charge on any atom is 0.156 e. The lowest BCUT2D eigenvalue weighted by Crippen LogP contribution is -2.12. The van der Waals surface area contributed by atoms with Crippen LogP contribution in [0.3, 0.4) is 0 Å². The monoisotopic (exact) mass is 310 g/mol. The summed E-state index contributed by atoms with van der Waals surface area (Å²) in [6, 6.07) is 13.0. The molecule has 0 unspecified atom stereocenters. The highest BCUT2D eigenvalue weighted by Gasteiger charge is 2.23. The number of rotatable bonds is 3. The van der Waals surface area contributed by atoms with Gasteiger partial charge in [0.25, 0.3) is 0 Å². The number of carbonyl (C=O) groups is 1. The molecule has 3 rings (SSSR count). The number of methoxy groups -OCH3 is 1. The van der Waals surface area contributed by atoms with Gasteiger partial charge < -0.3 is 4.74 Å². The Morgan fingerprint density at radius 1 is 1.09 bits per heavy atom. The minimum absolute atomic E-state index is 0.0908. The second kappa shape index (κ2) is 6.37. The van der Waals surface area contributed by atoms with Crippen LogP contribution in [0.25, 0.3) is 5.57 Å². The third-order valence-corrected chi connectivity index (χ3v) is 4.38. The molecular formula is C20H19FO2. The molecule has 0 heterocycles. The summed E-state index contributed by atoms with van der Waals surface area (Å²) in [5.41, 5.74) is 3.42. The van der Waals surface area contributed by atoms with Crippen molar-refractivity contribution in [3.63, 3.8) is 0 Å². The molecule has 1 atom stereocenters. The van der Waals surface area contributed by atoms with Gasteiger partial charge in [0.1, 0.15) is 11.6 Å². The first kappa shape index (κ1) is 15.5. The van der Waals surface area contributed by atoms with E-state index in [4.69, 9.17) is 4.74 Å². The van der Waals surface area contributed by atoms with Gasteiger partial charge in [-0.25, -0.2) is 4.39 Å². The Balaban J connectivity index is 1.88. The van der Waals surface area contributed by atoms with E-state index in [1.54, 1.807) is 26.2 Å². The van der Waals surface area contributed by atoms with Crippen molar-refractivity contribution in [1.29, 1.82) is 0 Å². The number of ketones is 1. The lowest BCUT2D eigenvalue weighted by Gasteiger charge is -2.23. The van der Waals surface area contributed by atoms with Gasteiger partial charge in [0.2, 0.25) is 0 Å². The maximum absolute atomic E-state index is 13.8. The highest BCUT2D eigenvalue weighted by Crippen LogP contribution is 2.36. The van der Waals surface area contributed by atoms with E-state index in [0.29, 0.717) is 12.0 Å². The van der Waals surface area contributed by atoms with Crippen LogP contribution in [0.5, 0.6) is 5.75 Å². The highest BCUT2D eigenvalue weighted by atomic mass is 19.1. The molecule has 3 heteroatoms. The van der Waals surface area contributed by atoms with E-state index in [2.05, 4.69) is 0 Å². The van der Waals surface area contributed by atoms with Crippen molar-refractivity contribution >= 4 is 11.4 Å². The van der Waals surface area contributed by atoms with Gasteiger partial charge in [-0.2, -0.15) is 0 Å². The van der Waals surface area contributed by atoms with Crippen LogP contribution in [0.1, 0.15) is 35.4 Å². The molecule has 0 aliphatic heterocycles. The number of hydrogen-bond donors (Lipinski definition) is 0. The zero-order chi connectivity index (χ0) is 16.4. The van der Waals surface area contributed by atoms with Gasteiger partial charge in [-0.15, -0.1) is 0 Å². The normalized spacial score (nSPS) is 17.8. The highest BCUT2D eigenvalue weighted by molar-refractivity contribution is 5.99. The summed E-state index contributed by atoms with van der Waals surface area (Å²) in [7, 11) is 1.63. The van der Waals surface area contributed by atoms with Gasteiger partial charge in [0.15, 0.2) is 5.78 Å². The summed E-state index contributed by atoms with van der Waals surface area (Å²) in [6.45, 7) is 1.74. The molecule has 0 saturated carbocycles. The largest absolute Gasteiger partial charge is 0.497 e. The van der Waals surface area contributed by atoms with Gasteiger partial charge in [-0.3, -0.25) is 4.79 Å². The fraction of sp³-hybridized carbons (Fsp3) is 0.250. The van der Waals surface area contributed by atoms with Crippen molar-refractivity contribution in [1.82, 2.24) is 0 Å². The van der Waals surface area contributed by atoms with E-state index in [1.807, 2.05) is 30.3 Å². The van der Waals surface area contributed by atoms with Crippen molar-refractivity contribution in [2.24, 2.45) is 0 Å². The van der Waals surface area contributed by atoms with Crippen LogP contribution in [-0.4, -0.2) is 12.9 Å². The number of hydrogen-bond acceptors (Lipinski definition) is 2. The Bertz CT molecular complexity index is 760. The summed E-state index contributed by atoms with van der Waals surface area (Å²) in [5.74, 6) is 0.778. The number of allylic oxidation sites excluding steroid dienone is 2. The number of benzene rings is 2. The molecule has 0 fully saturated rings.